The third-order valence-electron chi connectivity index (χ3n) is 4.46. The van der Waals surface area contributed by atoms with Crippen molar-refractivity contribution >= 4 is 28.5 Å². The third kappa shape index (κ3) is 4.51. The molecule has 0 unspecified atom stereocenters. The van der Waals surface area contributed by atoms with Crippen LogP contribution < -0.4 is 19.7 Å². The highest BCUT2D eigenvalue weighted by atomic mass is 16.5. The molecule has 0 spiro atoms. The number of benzene rings is 1. The number of H-pyrrole nitrogens is 1. The number of aromatic amines is 1. The minimum atomic E-state index is -0.530. The summed E-state index contributed by atoms with van der Waals surface area (Å²) in [6, 6.07) is 3.45. The minimum absolute atomic E-state index is 0.171. The fraction of sp³-hybridized carbons (Fsp3) is 0.474. The second-order valence-electron chi connectivity index (χ2n) is 6.03. The molecule has 0 saturated carbocycles. The standard InChI is InChI=1S/C19H27N3O5/c1-6-22(7-2)11-16(23)21-17-12-9-14(25-4)15(26-5)10-13(12)20-18(17)19(24)27-8-3/h9-10,20H,6-8,11H2,1-5H3,(H,21,23)/p+1. The predicted octanol–water partition coefficient (Wildman–Crippen LogP) is 1.23. The zero-order valence-electron chi connectivity index (χ0n) is 16.5. The van der Waals surface area contributed by atoms with Crippen molar-refractivity contribution in [3.63, 3.8) is 0 Å². The van der Waals surface area contributed by atoms with Gasteiger partial charge in [0.1, 0.15) is 5.69 Å². The van der Waals surface area contributed by atoms with E-state index in [-0.39, 0.29) is 18.2 Å². The highest BCUT2D eigenvalue weighted by molar-refractivity contribution is 6.11. The molecule has 8 heteroatoms. The Hall–Kier alpha value is -2.74. The summed E-state index contributed by atoms with van der Waals surface area (Å²) < 4.78 is 15.8. The van der Waals surface area contributed by atoms with Crippen LogP contribution in [0.15, 0.2) is 12.1 Å². The Balaban J connectivity index is 2.50. The van der Waals surface area contributed by atoms with Gasteiger partial charge in [0.2, 0.25) is 0 Å². The Morgan fingerprint density at radius 2 is 1.70 bits per heavy atom. The van der Waals surface area contributed by atoms with Crippen LogP contribution >= 0.6 is 0 Å². The number of anilines is 1. The van der Waals surface area contributed by atoms with E-state index in [1.54, 1.807) is 19.1 Å². The topological polar surface area (TPSA) is 94.1 Å². The molecule has 0 aliphatic heterocycles. The Morgan fingerprint density at radius 1 is 1.07 bits per heavy atom. The van der Waals surface area contributed by atoms with Gasteiger partial charge in [-0.3, -0.25) is 4.79 Å². The molecule has 0 fully saturated rings. The molecular formula is C19H28N3O5+. The lowest BCUT2D eigenvalue weighted by Gasteiger charge is -2.15. The first-order valence-corrected chi connectivity index (χ1v) is 9.07. The van der Waals surface area contributed by atoms with Gasteiger partial charge in [-0.05, 0) is 26.8 Å². The summed E-state index contributed by atoms with van der Waals surface area (Å²) in [5.41, 5.74) is 1.23. The number of aromatic nitrogens is 1. The molecule has 0 bridgehead atoms. The number of hydrogen-bond donors (Lipinski definition) is 3. The van der Waals surface area contributed by atoms with Crippen molar-refractivity contribution in [3.05, 3.63) is 17.8 Å². The number of quaternary nitrogens is 1. The van der Waals surface area contributed by atoms with Gasteiger partial charge in [0, 0.05) is 11.5 Å². The molecule has 27 heavy (non-hydrogen) atoms. The average Bonchev–Trinajstić information content (AvgIpc) is 3.02. The molecule has 2 rings (SSSR count). The van der Waals surface area contributed by atoms with Crippen molar-refractivity contribution in [3.8, 4) is 11.5 Å². The number of carbonyl (C=O) groups is 2. The molecule has 0 atom stereocenters. The molecule has 0 aliphatic carbocycles. The van der Waals surface area contributed by atoms with E-state index in [9.17, 15) is 9.59 Å². The minimum Gasteiger partial charge on any atom is -0.493 e. The number of methoxy groups -OCH3 is 2. The van der Waals surface area contributed by atoms with Crippen molar-refractivity contribution in [1.29, 1.82) is 0 Å². The van der Waals surface area contributed by atoms with Gasteiger partial charge in [-0.1, -0.05) is 0 Å². The lowest BCUT2D eigenvalue weighted by molar-refractivity contribution is -0.888. The van der Waals surface area contributed by atoms with Gasteiger partial charge in [0.05, 0.1) is 45.1 Å². The van der Waals surface area contributed by atoms with E-state index in [1.807, 2.05) is 13.8 Å². The first kappa shape index (κ1) is 20.6. The summed E-state index contributed by atoms with van der Waals surface area (Å²) in [6.07, 6.45) is 0. The molecular weight excluding hydrogens is 350 g/mol. The maximum atomic E-state index is 12.5. The number of hydrogen-bond acceptors (Lipinski definition) is 5. The second-order valence-corrected chi connectivity index (χ2v) is 6.03. The van der Waals surface area contributed by atoms with Gasteiger partial charge in [0.25, 0.3) is 5.91 Å². The maximum Gasteiger partial charge on any atom is 0.356 e. The van der Waals surface area contributed by atoms with Gasteiger partial charge < -0.3 is 29.4 Å². The normalized spacial score (nSPS) is 10.9. The predicted molar refractivity (Wildman–Crippen MR) is 103 cm³/mol. The van der Waals surface area contributed by atoms with E-state index in [2.05, 4.69) is 10.3 Å². The fourth-order valence-electron chi connectivity index (χ4n) is 2.92. The third-order valence-corrected chi connectivity index (χ3v) is 4.46. The summed E-state index contributed by atoms with van der Waals surface area (Å²) in [7, 11) is 3.07. The smallest absolute Gasteiger partial charge is 0.356 e. The second kappa shape index (κ2) is 9.27. The molecule has 2 aromatic rings. The van der Waals surface area contributed by atoms with E-state index in [0.29, 0.717) is 34.6 Å². The van der Waals surface area contributed by atoms with Crippen LogP contribution in [0.5, 0.6) is 11.5 Å². The molecule has 0 radical (unpaired) electrons. The maximum absolute atomic E-state index is 12.5. The van der Waals surface area contributed by atoms with E-state index >= 15 is 0 Å². The zero-order valence-corrected chi connectivity index (χ0v) is 16.5. The van der Waals surface area contributed by atoms with E-state index in [4.69, 9.17) is 14.2 Å². The van der Waals surface area contributed by atoms with Gasteiger partial charge in [0.15, 0.2) is 18.0 Å². The molecule has 8 nitrogen and oxygen atoms in total. The van der Waals surface area contributed by atoms with E-state index in [0.717, 1.165) is 18.0 Å². The molecule has 1 amide bonds. The summed E-state index contributed by atoms with van der Waals surface area (Å²) in [5, 5.41) is 3.52. The van der Waals surface area contributed by atoms with Gasteiger partial charge in [-0.15, -0.1) is 0 Å². The number of likely N-dealkylation sites (N-methyl/N-ethyl adjacent to an activating group) is 1. The zero-order chi connectivity index (χ0) is 20.0. The van der Waals surface area contributed by atoms with Crippen LogP contribution in [0.3, 0.4) is 0 Å². The molecule has 1 aromatic heterocycles. The number of amides is 1. The average molecular weight is 378 g/mol. The first-order valence-electron chi connectivity index (χ1n) is 9.07. The summed E-state index contributed by atoms with van der Waals surface area (Å²) in [6.45, 7) is 8.01. The molecule has 1 aromatic carbocycles. The molecule has 0 aliphatic rings. The van der Waals surface area contributed by atoms with E-state index < -0.39 is 5.97 Å². The number of ether oxygens (including phenoxy) is 3. The van der Waals surface area contributed by atoms with Gasteiger partial charge in [-0.2, -0.15) is 0 Å². The van der Waals surface area contributed by atoms with Crippen molar-refractivity contribution in [2.45, 2.75) is 20.8 Å². The van der Waals surface area contributed by atoms with Crippen molar-refractivity contribution in [2.75, 3.05) is 45.8 Å². The van der Waals surface area contributed by atoms with Crippen LogP contribution in [0.2, 0.25) is 0 Å². The summed E-state index contributed by atoms with van der Waals surface area (Å²) in [4.78, 5) is 29.1. The van der Waals surface area contributed by atoms with Crippen LogP contribution in [-0.4, -0.2) is 57.3 Å². The molecule has 148 valence electrons. The fourth-order valence-corrected chi connectivity index (χ4v) is 2.92. The molecule has 1 heterocycles. The lowest BCUT2D eigenvalue weighted by atomic mass is 10.2. The van der Waals surface area contributed by atoms with Gasteiger partial charge in [-0.25, -0.2) is 4.79 Å². The Labute approximate surface area is 158 Å². The van der Waals surface area contributed by atoms with E-state index in [1.165, 1.54) is 14.2 Å². The SMILES string of the molecule is CCOC(=O)c1[nH]c2cc(OC)c(OC)cc2c1NC(=O)C[NH+](CC)CC. The quantitative estimate of drug-likeness (QED) is 0.571. The van der Waals surface area contributed by atoms with Crippen molar-refractivity contribution in [1.82, 2.24) is 4.98 Å². The summed E-state index contributed by atoms with van der Waals surface area (Å²) in [5.74, 6) is 0.323. The van der Waals surface area contributed by atoms with Crippen LogP contribution in [0.25, 0.3) is 10.9 Å². The highest BCUT2D eigenvalue weighted by Crippen LogP contribution is 2.37. The first-order chi connectivity index (χ1) is 13.0. The Bertz CT molecular complexity index is 811. The highest BCUT2D eigenvalue weighted by Gasteiger charge is 2.23. The molecule has 0 saturated heterocycles. The van der Waals surface area contributed by atoms with Crippen LogP contribution in [0.1, 0.15) is 31.3 Å². The van der Waals surface area contributed by atoms with Crippen LogP contribution in [0.4, 0.5) is 5.69 Å². The largest absolute Gasteiger partial charge is 0.493 e. The Morgan fingerprint density at radius 3 is 2.26 bits per heavy atom. The van der Waals surface area contributed by atoms with Crippen molar-refractivity contribution in [2.24, 2.45) is 0 Å². The lowest BCUT2D eigenvalue weighted by Crippen LogP contribution is -3.12. The number of fused-ring (bicyclic) bond motifs is 1. The Kier molecular flexibility index (Phi) is 7.06. The van der Waals surface area contributed by atoms with Crippen LogP contribution in [-0.2, 0) is 9.53 Å². The number of carbonyl (C=O) groups excluding carboxylic acids is 2. The van der Waals surface area contributed by atoms with Gasteiger partial charge >= 0.3 is 5.97 Å². The summed E-state index contributed by atoms with van der Waals surface area (Å²) >= 11 is 0. The monoisotopic (exact) mass is 378 g/mol. The number of rotatable bonds is 9. The number of nitrogens with one attached hydrogen (secondary N) is 3. The van der Waals surface area contributed by atoms with Crippen LogP contribution in [0, 0.1) is 0 Å². The van der Waals surface area contributed by atoms with Crippen molar-refractivity contribution < 1.29 is 28.7 Å². The molecule has 3 N–H and O–H groups in total. The number of esters is 1.